The summed E-state index contributed by atoms with van der Waals surface area (Å²) in [5, 5.41) is 0.760. The number of nitrogens with one attached hydrogen (secondary N) is 1. The smallest absolute Gasteiger partial charge is 0.333 e. The molecule has 1 N–H and O–H groups in total. The fraction of sp³-hybridized carbons (Fsp3) is 0.133. The minimum absolute atomic E-state index is 0.567. The van der Waals surface area contributed by atoms with Gasteiger partial charge >= 0.3 is 6.18 Å². The molecule has 0 aliphatic rings. The van der Waals surface area contributed by atoms with Gasteiger partial charge in [0.05, 0.1) is 16.6 Å². The first-order valence-corrected chi connectivity index (χ1v) is 7.24. The predicted molar refractivity (Wildman–Crippen MR) is 77.1 cm³/mol. The van der Waals surface area contributed by atoms with Crippen LogP contribution in [0.15, 0.2) is 53.7 Å². The van der Waals surface area contributed by atoms with Crippen LogP contribution in [0.4, 0.5) is 13.2 Å². The van der Waals surface area contributed by atoms with Crippen LogP contribution in [0.25, 0.3) is 11.0 Å². The first-order chi connectivity index (χ1) is 10.0. The molecule has 6 heteroatoms. The topological polar surface area (TPSA) is 28.7 Å². The largest absolute Gasteiger partial charge is 0.416 e. The number of halogens is 3. The maximum atomic E-state index is 12.5. The number of hydrogen-bond donors (Lipinski definition) is 1. The fourth-order valence-electron chi connectivity index (χ4n) is 1.94. The summed E-state index contributed by atoms with van der Waals surface area (Å²) in [6.45, 7) is 0. The molecule has 0 aliphatic heterocycles. The van der Waals surface area contributed by atoms with E-state index in [2.05, 4.69) is 9.97 Å². The van der Waals surface area contributed by atoms with Gasteiger partial charge in [0, 0.05) is 5.75 Å². The number of aromatic amines is 1. The third-order valence-corrected chi connectivity index (χ3v) is 3.97. The van der Waals surface area contributed by atoms with Gasteiger partial charge in [-0.15, -0.1) is 0 Å². The van der Waals surface area contributed by atoms with E-state index < -0.39 is 11.7 Å². The first-order valence-electron chi connectivity index (χ1n) is 6.26. The van der Waals surface area contributed by atoms with E-state index in [1.807, 2.05) is 24.3 Å². The molecule has 2 nitrogen and oxygen atoms in total. The van der Waals surface area contributed by atoms with Crippen LogP contribution in [0.2, 0.25) is 0 Å². The minimum atomic E-state index is -4.29. The molecule has 0 saturated carbocycles. The number of alkyl halides is 3. The SMILES string of the molecule is FC(F)(F)c1ccc(CSc2nc3ccccc3[nH]2)cc1. The molecule has 3 rings (SSSR count). The second kappa shape index (κ2) is 5.44. The molecule has 0 spiro atoms. The molecule has 1 heterocycles. The number of aromatic nitrogens is 2. The maximum Gasteiger partial charge on any atom is 0.416 e. The molecular weight excluding hydrogens is 297 g/mol. The molecule has 0 amide bonds. The summed E-state index contributed by atoms with van der Waals surface area (Å²) in [6, 6.07) is 12.9. The number of H-pyrrole nitrogens is 1. The summed E-state index contributed by atoms with van der Waals surface area (Å²) in [5.74, 6) is 0.567. The van der Waals surface area contributed by atoms with Crippen LogP contribution in [0, 0.1) is 0 Å². The van der Waals surface area contributed by atoms with Gasteiger partial charge in [0.25, 0.3) is 0 Å². The Hall–Kier alpha value is -1.95. The fourth-order valence-corrected chi connectivity index (χ4v) is 2.78. The predicted octanol–water partition coefficient (Wildman–Crippen LogP) is 4.87. The van der Waals surface area contributed by atoms with Gasteiger partial charge in [0.15, 0.2) is 5.16 Å². The number of hydrogen-bond acceptors (Lipinski definition) is 2. The lowest BCUT2D eigenvalue weighted by molar-refractivity contribution is -0.137. The van der Waals surface area contributed by atoms with Crippen LogP contribution in [0.1, 0.15) is 11.1 Å². The van der Waals surface area contributed by atoms with Gasteiger partial charge in [-0.3, -0.25) is 0 Å². The van der Waals surface area contributed by atoms with E-state index in [9.17, 15) is 13.2 Å². The second-order valence-corrected chi connectivity index (χ2v) is 5.51. The number of thioether (sulfide) groups is 1. The zero-order valence-electron chi connectivity index (χ0n) is 10.8. The van der Waals surface area contributed by atoms with E-state index in [0.717, 1.165) is 33.9 Å². The third-order valence-electron chi connectivity index (χ3n) is 3.02. The Morgan fingerprint density at radius 3 is 2.38 bits per heavy atom. The molecule has 0 atom stereocenters. The summed E-state index contributed by atoms with van der Waals surface area (Å²) < 4.78 is 37.4. The summed E-state index contributed by atoms with van der Waals surface area (Å²) in [4.78, 5) is 7.59. The Morgan fingerprint density at radius 2 is 1.71 bits per heavy atom. The normalized spacial score (nSPS) is 12.0. The van der Waals surface area contributed by atoms with Crippen molar-refractivity contribution in [2.45, 2.75) is 17.1 Å². The zero-order chi connectivity index (χ0) is 14.9. The quantitative estimate of drug-likeness (QED) is 0.699. The Kier molecular flexibility index (Phi) is 3.63. The van der Waals surface area contributed by atoms with Crippen molar-refractivity contribution in [1.29, 1.82) is 0 Å². The average Bonchev–Trinajstić information content (AvgIpc) is 2.87. The van der Waals surface area contributed by atoms with E-state index in [4.69, 9.17) is 0 Å². The van der Waals surface area contributed by atoms with Gasteiger partial charge in [-0.2, -0.15) is 13.2 Å². The summed E-state index contributed by atoms with van der Waals surface area (Å²) in [5.41, 5.74) is 2.04. The van der Waals surface area contributed by atoms with E-state index in [0.29, 0.717) is 5.75 Å². The van der Waals surface area contributed by atoms with Crippen LogP contribution in [0.5, 0.6) is 0 Å². The lowest BCUT2D eigenvalue weighted by atomic mass is 10.1. The van der Waals surface area contributed by atoms with Gasteiger partial charge < -0.3 is 4.98 Å². The number of benzene rings is 2. The number of nitrogens with zero attached hydrogens (tertiary/aromatic N) is 1. The molecule has 0 aliphatic carbocycles. The summed E-state index contributed by atoms with van der Waals surface area (Å²) in [7, 11) is 0. The van der Waals surface area contributed by atoms with Gasteiger partial charge in [-0.05, 0) is 29.8 Å². The van der Waals surface area contributed by atoms with Crippen molar-refractivity contribution in [2.75, 3.05) is 0 Å². The van der Waals surface area contributed by atoms with Crippen LogP contribution in [0.3, 0.4) is 0 Å². The van der Waals surface area contributed by atoms with Gasteiger partial charge in [-0.1, -0.05) is 36.0 Å². The van der Waals surface area contributed by atoms with E-state index in [1.54, 1.807) is 0 Å². The third kappa shape index (κ3) is 3.21. The first kappa shape index (κ1) is 14.0. The lowest BCUT2D eigenvalue weighted by Gasteiger charge is -2.07. The van der Waals surface area contributed by atoms with E-state index >= 15 is 0 Å². The highest BCUT2D eigenvalue weighted by Crippen LogP contribution is 2.30. The Labute approximate surface area is 123 Å². The zero-order valence-corrected chi connectivity index (χ0v) is 11.6. The molecule has 3 aromatic rings. The lowest BCUT2D eigenvalue weighted by Crippen LogP contribution is -2.04. The van der Waals surface area contributed by atoms with E-state index in [1.165, 1.54) is 23.9 Å². The molecule has 0 unspecified atom stereocenters. The number of para-hydroxylation sites is 2. The average molecular weight is 308 g/mol. The number of imidazole rings is 1. The highest BCUT2D eigenvalue weighted by atomic mass is 32.2. The van der Waals surface area contributed by atoms with Crippen LogP contribution in [-0.4, -0.2) is 9.97 Å². The molecule has 21 heavy (non-hydrogen) atoms. The standard InChI is InChI=1S/C15H11F3N2S/c16-15(17,18)11-7-5-10(6-8-11)9-21-14-19-12-3-1-2-4-13(12)20-14/h1-8H,9H2,(H,19,20). The molecule has 0 radical (unpaired) electrons. The Morgan fingerprint density at radius 1 is 1.00 bits per heavy atom. The molecule has 0 bridgehead atoms. The molecule has 2 aromatic carbocycles. The Balaban J connectivity index is 1.69. The molecule has 0 saturated heterocycles. The number of fused-ring (bicyclic) bond motifs is 1. The van der Waals surface area contributed by atoms with Crippen molar-refractivity contribution in [3.05, 3.63) is 59.7 Å². The maximum absolute atomic E-state index is 12.5. The van der Waals surface area contributed by atoms with E-state index in [-0.39, 0.29) is 0 Å². The molecule has 0 fully saturated rings. The Bertz CT molecular complexity index is 714. The molecular formula is C15H11F3N2S. The van der Waals surface area contributed by atoms with Crippen molar-refractivity contribution >= 4 is 22.8 Å². The molecule has 1 aromatic heterocycles. The van der Waals surface area contributed by atoms with Crippen molar-refractivity contribution in [2.24, 2.45) is 0 Å². The van der Waals surface area contributed by atoms with Crippen LogP contribution < -0.4 is 0 Å². The highest BCUT2D eigenvalue weighted by Gasteiger charge is 2.29. The summed E-state index contributed by atoms with van der Waals surface area (Å²) >= 11 is 1.46. The van der Waals surface area contributed by atoms with Crippen LogP contribution >= 0.6 is 11.8 Å². The van der Waals surface area contributed by atoms with Crippen molar-refractivity contribution < 1.29 is 13.2 Å². The van der Waals surface area contributed by atoms with Crippen molar-refractivity contribution in [3.63, 3.8) is 0 Å². The van der Waals surface area contributed by atoms with Gasteiger partial charge in [-0.25, -0.2) is 4.98 Å². The van der Waals surface area contributed by atoms with Crippen molar-refractivity contribution in [1.82, 2.24) is 9.97 Å². The second-order valence-electron chi connectivity index (χ2n) is 4.54. The van der Waals surface area contributed by atoms with Crippen molar-refractivity contribution in [3.8, 4) is 0 Å². The van der Waals surface area contributed by atoms with Gasteiger partial charge in [0.1, 0.15) is 0 Å². The monoisotopic (exact) mass is 308 g/mol. The minimum Gasteiger partial charge on any atom is -0.333 e. The molecule has 108 valence electrons. The number of rotatable bonds is 3. The van der Waals surface area contributed by atoms with Crippen LogP contribution in [-0.2, 0) is 11.9 Å². The summed E-state index contributed by atoms with van der Waals surface area (Å²) in [6.07, 6.45) is -4.29. The highest BCUT2D eigenvalue weighted by molar-refractivity contribution is 7.98. The van der Waals surface area contributed by atoms with Gasteiger partial charge in [0.2, 0.25) is 0 Å².